The van der Waals surface area contributed by atoms with Crippen molar-refractivity contribution in [3.8, 4) is 11.5 Å². The summed E-state index contributed by atoms with van der Waals surface area (Å²) in [5, 5.41) is 5.24. The van der Waals surface area contributed by atoms with Crippen molar-refractivity contribution in [3.63, 3.8) is 0 Å². The van der Waals surface area contributed by atoms with E-state index in [9.17, 15) is 9.59 Å². The Morgan fingerprint density at radius 2 is 1.69 bits per heavy atom. The largest absolute Gasteiger partial charge is 0.454 e. The fourth-order valence-electron chi connectivity index (χ4n) is 3.40. The van der Waals surface area contributed by atoms with Gasteiger partial charge < -0.3 is 39.2 Å². The summed E-state index contributed by atoms with van der Waals surface area (Å²) in [7, 11) is 2.92. The fourth-order valence-corrected chi connectivity index (χ4v) is 3.40. The highest BCUT2D eigenvalue weighted by molar-refractivity contribution is 6.35. The van der Waals surface area contributed by atoms with Crippen LogP contribution in [-0.4, -0.2) is 78.5 Å². The van der Waals surface area contributed by atoms with E-state index in [2.05, 4.69) is 10.6 Å². The van der Waals surface area contributed by atoms with E-state index in [1.54, 1.807) is 0 Å². The van der Waals surface area contributed by atoms with E-state index in [-0.39, 0.29) is 19.4 Å². The van der Waals surface area contributed by atoms with Crippen LogP contribution in [0, 0.1) is 0 Å². The first-order chi connectivity index (χ1) is 14.1. The normalized spacial score (nSPS) is 17.2. The zero-order valence-corrected chi connectivity index (χ0v) is 16.7. The topological polar surface area (TPSA) is 109 Å². The van der Waals surface area contributed by atoms with Gasteiger partial charge in [0.2, 0.25) is 6.79 Å². The van der Waals surface area contributed by atoms with Gasteiger partial charge in [0.15, 0.2) is 17.8 Å². The van der Waals surface area contributed by atoms with Crippen molar-refractivity contribution in [1.82, 2.24) is 10.6 Å². The molecule has 3 rings (SSSR count). The molecule has 1 saturated heterocycles. The third-order valence-corrected chi connectivity index (χ3v) is 5.05. The van der Waals surface area contributed by atoms with E-state index >= 15 is 0 Å². The van der Waals surface area contributed by atoms with Crippen LogP contribution in [0.4, 0.5) is 0 Å². The van der Waals surface area contributed by atoms with Crippen LogP contribution in [0.5, 0.6) is 11.5 Å². The van der Waals surface area contributed by atoms with E-state index < -0.39 is 18.1 Å². The Hall–Kier alpha value is -2.40. The molecule has 1 aromatic rings. The molecule has 2 amide bonds. The van der Waals surface area contributed by atoms with Gasteiger partial charge in [-0.2, -0.15) is 0 Å². The number of nitrogens with one attached hydrogen (secondary N) is 3. The number of morpholine rings is 1. The lowest BCUT2D eigenvalue weighted by atomic mass is 10.0. The molecule has 29 heavy (non-hydrogen) atoms. The van der Waals surface area contributed by atoms with Gasteiger partial charge in [0.1, 0.15) is 19.1 Å². The molecule has 0 bridgehead atoms. The Morgan fingerprint density at radius 3 is 2.38 bits per heavy atom. The highest BCUT2D eigenvalue weighted by atomic mass is 16.7. The minimum Gasteiger partial charge on any atom is -0.454 e. The molecule has 2 aliphatic heterocycles. The molecule has 10 heteroatoms. The lowest BCUT2D eigenvalue weighted by Crippen LogP contribution is -3.15. The number of methoxy groups -OCH3 is 2. The highest BCUT2D eigenvalue weighted by Crippen LogP contribution is 2.33. The summed E-state index contributed by atoms with van der Waals surface area (Å²) in [5.41, 5.74) is 1.01. The third kappa shape index (κ3) is 5.57. The van der Waals surface area contributed by atoms with Gasteiger partial charge in [-0.25, -0.2) is 0 Å². The van der Waals surface area contributed by atoms with Crippen LogP contribution >= 0.6 is 0 Å². The Balaban J connectivity index is 1.62. The summed E-state index contributed by atoms with van der Waals surface area (Å²) in [6.45, 7) is 3.52. The summed E-state index contributed by atoms with van der Waals surface area (Å²) in [6.07, 6.45) is -0.606. The second kappa shape index (κ2) is 10.4. The van der Waals surface area contributed by atoms with Crippen LogP contribution in [0.3, 0.4) is 0 Å². The smallest absolute Gasteiger partial charge is 0.309 e. The zero-order valence-electron chi connectivity index (χ0n) is 16.7. The second-order valence-electron chi connectivity index (χ2n) is 6.76. The Labute approximate surface area is 169 Å². The molecule has 1 fully saturated rings. The summed E-state index contributed by atoms with van der Waals surface area (Å²) >= 11 is 0. The molecule has 1 atom stereocenters. The van der Waals surface area contributed by atoms with Gasteiger partial charge in [-0.15, -0.1) is 0 Å². The molecule has 10 nitrogen and oxygen atoms in total. The molecule has 0 aliphatic carbocycles. The van der Waals surface area contributed by atoms with Crippen LogP contribution in [0.1, 0.15) is 11.6 Å². The van der Waals surface area contributed by atoms with E-state index in [4.69, 9.17) is 23.7 Å². The van der Waals surface area contributed by atoms with Crippen LogP contribution in [0.15, 0.2) is 18.2 Å². The van der Waals surface area contributed by atoms with Crippen molar-refractivity contribution in [2.75, 3.05) is 60.4 Å². The molecule has 0 unspecified atom stereocenters. The number of carbonyl (C=O) groups is 2. The third-order valence-electron chi connectivity index (χ3n) is 5.05. The van der Waals surface area contributed by atoms with Gasteiger partial charge in [0.25, 0.3) is 0 Å². The number of quaternary nitrogens is 1. The number of amides is 2. The van der Waals surface area contributed by atoms with E-state index in [0.717, 1.165) is 18.7 Å². The van der Waals surface area contributed by atoms with Gasteiger partial charge in [-0.1, -0.05) is 0 Å². The number of fused-ring (bicyclic) bond motifs is 1. The number of carbonyl (C=O) groups excluding carboxylic acids is 2. The Morgan fingerprint density at radius 1 is 1.03 bits per heavy atom. The first kappa shape index (κ1) is 21.3. The summed E-state index contributed by atoms with van der Waals surface area (Å²) in [6, 6.07) is 5.73. The van der Waals surface area contributed by atoms with Crippen molar-refractivity contribution < 1.29 is 38.2 Å². The predicted octanol–water partition coefficient (Wildman–Crippen LogP) is -1.78. The van der Waals surface area contributed by atoms with E-state index in [1.165, 1.54) is 19.1 Å². The van der Waals surface area contributed by atoms with Gasteiger partial charge in [0, 0.05) is 19.8 Å². The lowest BCUT2D eigenvalue weighted by Gasteiger charge is -2.32. The van der Waals surface area contributed by atoms with Gasteiger partial charge in [0.05, 0.1) is 26.3 Å². The highest BCUT2D eigenvalue weighted by Gasteiger charge is 2.29. The van der Waals surface area contributed by atoms with Crippen molar-refractivity contribution in [2.24, 2.45) is 0 Å². The minimum atomic E-state index is -0.731. The van der Waals surface area contributed by atoms with E-state index in [0.29, 0.717) is 31.3 Å². The lowest BCUT2D eigenvalue weighted by molar-refractivity contribution is -0.937. The molecule has 0 spiro atoms. The van der Waals surface area contributed by atoms with Crippen molar-refractivity contribution in [2.45, 2.75) is 12.3 Å². The zero-order chi connectivity index (χ0) is 20.6. The molecule has 2 aliphatic rings. The molecular formula is C19H28N3O7+. The Kier molecular flexibility index (Phi) is 7.64. The fraction of sp³-hybridized carbons (Fsp3) is 0.579. The van der Waals surface area contributed by atoms with Crippen LogP contribution in [0.2, 0.25) is 0 Å². The maximum absolute atomic E-state index is 12.3. The molecule has 0 radical (unpaired) electrons. The number of ether oxygens (including phenoxy) is 5. The number of hydrogen-bond acceptors (Lipinski definition) is 7. The van der Waals surface area contributed by atoms with E-state index in [1.807, 2.05) is 18.2 Å². The maximum atomic E-state index is 12.3. The number of rotatable bonds is 8. The summed E-state index contributed by atoms with van der Waals surface area (Å²) < 4.78 is 26.3. The first-order valence-electron chi connectivity index (χ1n) is 9.56. The summed E-state index contributed by atoms with van der Waals surface area (Å²) in [4.78, 5) is 25.6. The molecule has 0 saturated carbocycles. The van der Waals surface area contributed by atoms with Crippen molar-refractivity contribution in [3.05, 3.63) is 23.8 Å². The monoisotopic (exact) mass is 410 g/mol. The van der Waals surface area contributed by atoms with Crippen molar-refractivity contribution in [1.29, 1.82) is 0 Å². The molecule has 3 N–H and O–H groups in total. The SMILES string of the molecule is COC(CNC(=O)C(=O)NC[C@@H](c1ccc2c(c1)OCO2)[NH+]1CCOCC1)OC. The standard InChI is InChI=1S/C19H27N3O7/c1-25-17(26-2)11-21-19(24)18(23)20-10-14(22-5-7-27-8-6-22)13-3-4-15-16(9-13)29-12-28-15/h3-4,9,14,17H,5-8,10-12H2,1-2H3,(H,20,23)(H,21,24)/p+1/t14-/m0/s1. The maximum Gasteiger partial charge on any atom is 0.309 e. The first-order valence-corrected chi connectivity index (χ1v) is 9.56. The molecule has 160 valence electrons. The van der Waals surface area contributed by atoms with Gasteiger partial charge in [-0.05, 0) is 18.2 Å². The second-order valence-corrected chi connectivity index (χ2v) is 6.76. The van der Waals surface area contributed by atoms with Gasteiger partial charge in [-0.3, -0.25) is 9.59 Å². The predicted molar refractivity (Wildman–Crippen MR) is 101 cm³/mol. The molecule has 1 aromatic carbocycles. The summed E-state index contributed by atoms with van der Waals surface area (Å²) in [5.74, 6) is -0.0343. The van der Waals surface area contributed by atoms with Crippen molar-refractivity contribution >= 4 is 11.8 Å². The van der Waals surface area contributed by atoms with Crippen LogP contribution in [-0.2, 0) is 23.8 Å². The van der Waals surface area contributed by atoms with Crippen LogP contribution in [0.25, 0.3) is 0 Å². The number of hydrogen-bond donors (Lipinski definition) is 3. The Bertz CT molecular complexity index is 705. The average molecular weight is 410 g/mol. The quantitative estimate of drug-likeness (QED) is 0.344. The van der Waals surface area contributed by atoms with Gasteiger partial charge >= 0.3 is 11.8 Å². The molecular weight excluding hydrogens is 382 g/mol. The van der Waals surface area contributed by atoms with Crippen LogP contribution < -0.4 is 25.0 Å². The average Bonchev–Trinajstić information content (AvgIpc) is 3.23. The molecule has 0 aromatic heterocycles. The molecule has 2 heterocycles. The number of benzene rings is 1. The minimum absolute atomic E-state index is 0.0455.